The maximum atomic E-state index is 13.5. The van der Waals surface area contributed by atoms with Gasteiger partial charge in [-0.3, -0.25) is 4.79 Å². The summed E-state index contributed by atoms with van der Waals surface area (Å²) in [5.41, 5.74) is 0.161. The Morgan fingerprint density at radius 2 is 2.18 bits per heavy atom. The third kappa shape index (κ3) is 2.33. The van der Waals surface area contributed by atoms with Gasteiger partial charge in [0.2, 0.25) is 0 Å². The van der Waals surface area contributed by atoms with E-state index < -0.39 is 11.6 Å². The third-order valence-electron chi connectivity index (χ3n) is 2.49. The molecule has 0 unspecified atom stereocenters. The summed E-state index contributed by atoms with van der Waals surface area (Å²) in [6.45, 7) is 2.22. The Balaban J connectivity index is 2.53. The van der Waals surface area contributed by atoms with E-state index in [-0.39, 0.29) is 29.3 Å². The molecular weight excluding hydrogens is 227 g/mol. The average Bonchev–Trinajstić information content (AvgIpc) is 2.49. The molecule has 17 heavy (non-hydrogen) atoms. The SMILES string of the molecule is CC(=O)Cc1c(O)c(F)cc2c1OCCCO2. The molecule has 0 amide bonds. The molecule has 0 fully saturated rings. The summed E-state index contributed by atoms with van der Waals surface area (Å²) in [5.74, 6) is -0.999. The van der Waals surface area contributed by atoms with Crippen LogP contribution in [-0.2, 0) is 11.2 Å². The van der Waals surface area contributed by atoms with Gasteiger partial charge >= 0.3 is 0 Å². The van der Waals surface area contributed by atoms with Crippen molar-refractivity contribution in [2.75, 3.05) is 13.2 Å². The molecule has 5 heteroatoms. The van der Waals surface area contributed by atoms with E-state index >= 15 is 0 Å². The van der Waals surface area contributed by atoms with Crippen LogP contribution in [0.2, 0.25) is 0 Å². The molecule has 1 aromatic rings. The standard InChI is InChI=1S/C12H13FO4/c1-7(14)5-8-11(15)9(13)6-10-12(8)17-4-2-3-16-10/h6,15H,2-5H2,1H3. The number of Topliss-reactive ketones (excluding diaryl/α,β-unsaturated/α-hetero) is 1. The summed E-state index contributed by atoms with van der Waals surface area (Å²) in [5, 5.41) is 9.63. The topological polar surface area (TPSA) is 55.8 Å². The van der Waals surface area contributed by atoms with Crippen LogP contribution in [0.25, 0.3) is 0 Å². The normalized spacial score (nSPS) is 14.2. The first kappa shape index (κ1) is 11.7. The number of fused-ring (bicyclic) bond motifs is 1. The lowest BCUT2D eigenvalue weighted by Crippen LogP contribution is -2.03. The molecule has 1 aliphatic rings. The summed E-state index contributed by atoms with van der Waals surface area (Å²) in [7, 11) is 0. The summed E-state index contributed by atoms with van der Waals surface area (Å²) in [6, 6.07) is 1.08. The van der Waals surface area contributed by atoms with Gasteiger partial charge in [0.15, 0.2) is 23.1 Å². The van der Waals surface area contributed by atoms with E-state index in [0.717, 1.165) is 6.07 Å². The number of halogens is 1. The van der Waals surface area contributed by atoms with Crippen LogP contribution >= 0.6 is 0 Å². The van der Waals surface area contributed by atoms with Crippen LogP contribution in [0, 0.1) is 5.82 Å². The van der Waals surface area contributed by atoms with E-state index in [2.05, 4.69) is 0 Å². The zero-order valence-electron chi connectivity index (χ0n) is 9.46. The van der Waals surface area contributed by atoms with Gasteiger partial charge in [0, 0.05) is 18.9 Å². The average molecular weight is 240 g/mol. The molecule has 92 valence electrons. The molecule has 0 aliphatic carbocycles. The van der Waals surface area contributed by atoms with Gasteiger partial charge in [0.1, 0.15) is 5.78 Å². The lowest BCUT2D eigenvalue weighted by molar-refractivity contribution is -0.116. The fraction of sp³-hybridized carbons (Fsp3) is 0.417. The maximum Gasteiger partial charge on any atom is 0.169 e. The first-order chi connectivity index (χ1) is 8.09. The van der Waals surface area contributed by atoms with Crippen LogP contribution in [0.3, 0.4) is 0 Å². The van der Waals surface area contributed by atoms with Gasteiger partial charge in [-0.1, -0.05) is 0 Å². The number of carbonyl (C=O) groups excluding carboxylic acids is 1. The Labute approximate surface area is 98.0 Å². The number of ether oxygens (including phenoxy) is 2. The fourth-order valence-corrected chi connectivity index (χ4v) is 1.74. The van der Waals surface area contributed by atoms with Crippen LogP contribution in [-0.4, -0.2) is 24.1 Å². The molecule has 4 nitrogen and oxygen atoms in total. The van der Waals surface area contributed by atoms with Crippen molar-refractivity contribution in [3.05, 3.63) is 17.4 Å². The molecule has 0 bridgehead atoms. The predicted molar refractivity (Wildman–Crippen MR) is 58.1 cm³/mol. The second kappa shape index (κ2) is 4.61. The van der Waals surface area contributed by atoms with E-state index in [0.29, 0.717) is 19.6 Å². The van der Waals surface area contributed by atoms with Crippen LogP contribution in [0.5, 0.6) is 17.2 Å². The van der Waals surface area contributed by atoms with Crippen molar-refractivity contribution >= 4 is 5.78 Å². The van der Waals surface area contributed by atoms with Gasteiger partial charge in [-0.15, -0.1) is 0 Å². The molecule has 0 spiro atoms. The highest BCUT2D eigenvalue weighted by Crippen LogP contribution is 2.40. The molecule has 0 saturated carbocycles. The van der Waals surface area contributed by atoms with Crippen molar-refractivity contribution in [1.29, 1.82) is 0 Å². The van der Waals surface area contributed by atoms with Gasteiger partial charge in [-0.2, -0.15) is 0 Å². The van der Waals surface area contributed by atoms with Gasteiger partial charge in [0.05, 0.1) is 18.8 Å². The smallest absolute Gasteiger partial charge is 0.169 e. The zero-order chi connectivity index (χ0) is 12.4. The van der Waals surface area contributed by atoms with E-state index in [1.54, 1.807) is 0 Å². The second-order valence-electron chi connectivity index (χ2n) is 3.94. The van der Waals surface area contributed by atoms with E-state index in [4.69, 9.17) is 9.47 Å². The molecule has 0 aromatic heterocycles. The summed E-state index contributed by atoms with van der Waals surface area (Å²) >= 11 is 0. The van der Waals surface area contributed by atoms with Crippen LogP contribution < -0.4 is 9.47 Å². The molecule has 1 N–H and O–H groups in total. The lowest BCUT2D eigenvalue weighted by atomic mass is 10.1. The number of phenolic OH excluding ortho intramolecular Hbond substituents is 1. The third-order valence-corrected chi connectivity index (χ3v) is 2.49. The van der Waals surface area contributed by atoms with E-state index in [1.165, 1.54) is 6.92 Å². The van der Waals surface area contributed by atoms with Crippen molar-refractivity contribution in [2.24, 2.45) is 0 Å². The molecule has 1 aromatic carbocycles. The molecular formula is C12H13FO4. The second-order valence-corrected chi connectivity index (χ2v) is 3.94. The van der Waals surface area contributed by atoms with E-state index in [9.17, 15) is 14.3 Å². The Bertz CT molecular complexity index is 456. The number of benzene rings is 1. The minimum Gasteiger partial charge on any atom is -0.505 e. The molecule has 2 rings (SSSR count). The highest BCUT2D eigenvalue weighted by atomic mass is 19.1. The number of rotatable bonds is 2. The summed E-state index contributed by atoms with van der Waals surface area (Å²) in [4.78, 5) is 11.1. The van der Waals surface area contributed by atoms with Crippen molar-refractivity contribution in [3.63, 3.8) is 0 Å². The first-order valence-electron chi connectivity index (χ1n) is 5.39. The van der Waals surface area contributed by atoms with Crippen molar-refractivity contribution < 1.29 is 23.8 Å². The molecule has 1 aliphatic heterocycles. The minimum atomic E-state index is -0.800. The van der Waals surface area contributed by atoms with Crippen molar-refractivity contribution in [2.45, 2.75) is 19.8 Å². The number of ketones is 1. The molecule has 0 radical (unpaired) electrons. The van der Waals surface area contributed by atoms with Gasteiger partial charge < -0.3 is 14.6 Å². The number of hydrogen-bond donors (Lipinski definition) is 1. The number of aromatic hydroxyl groups is 1. The van der Waals surface area contributed by atoms with Gasteiger partial charge in [-0.25, -0.2) is 4.39 Å². The Kier molecular flexibility index (Phi) is 3.17. The minimum absolute atomic E-state index is 0.0741. The summed E-state index contributed by atoms with van der Waals surface area (Å²) in [6.07, 6.45) is 0.603. The molecule has 0 saturated heterocycles. The van der Waals surface area contributed by atoms with E-state index in [1.807, 2.05) is 0 Å². The quantitative estimate of drug-likeness (QED) is 0.856. The molecule has 1 heterocycles. The maximum absolute atomic E-state index is 13.5. The Morgan fingerprint density at radius 3 is 2.88 bits per heavy atom. The molecule has 0 atom stereocenters. The number of phenols is 1. The Morgan fingerprint density at radius 1 is 1.47 bits per heavy atom. The highest BCUT2D eigenvalue weighted by molar-refractivity contribution is 5.80. The van der Waals surface area contributed by atoms with Gasteiger partial charge in [0.25, 0.3) is 0 Å². The largest absolute Gasteiger partial charge is 0.505 e. The van der Waals surface area contributed by atoms with Gasteiger partial charge in [-0.05, 0) is 6.92 Å². The van der Waals surface area contributed by atoms with Crippen molar-refractivity contribution in [3.8, 4) is 17.2 Å². The lowest BCUT2D eigenvalue weighted by Gasteiger charge is -2.13. The fourth-order valence-electron chi connectivity index (χ4n) is 1.74. The highest BCUT2D eigenvalue weighted by Gasteiger charge is 2.22. The van der Waals surface area contributed by atoms with Crippen LogP contribution in [0.1, 0.15) is 18.9 Å². The van der Waals surface area contributed by atoms with Crippen LogP contribution in [0.4, 0.5) is 4.39 Å². The number of hydrogen-bond acceptors (Lipinski definition) is 4. The first-order valence-corrected chi connectivity index (χ1v) is 5.39. The predicted octanol–water partition coefficient (Wildman–Crippen LogP) is 1.82. The van der Waals surface area contributed by atoms with Crippen molar-refractivity contribution in [1.82, 2.24) is 0 Å². The summed E-state index contributed by atoms with van der Waals surface area (Å²) < 4.78 is 24.2. The zero-order valence-corrected chi connectivity index (χ0v) is 9.46. The monoisotopic (exact) mass is 240 g/mol. The number of carbonyl (C=O) groups is 1. The van der Waals surface area contributed by atoms with Crippen LogP contribution in [0.15, 0.2) is 6.07 Å². The Hall–Kier alpha value is -1.78.